The second kappa shape index (κ2) is 8.19. The first kappa shape index (κ1) is 21.4. The Morgan fingerprint density at radius 3 is 2.33 bits per heavy atom. The zero-order valence-corrected chi connectivity index (χ0v) is 18.0. The molecule has 160 valence electrons. The van der Waals surface area contributed by atoms with Gasteiger partial charge >= 0.3 is 0 Å². The van der Waals surface area contributed by atoms with Gasteiger partial charge in [-0.25, -0.2) is 5.01 Å². The molecule has 2 heterocycles. The minimum Gasteiger partial charge on any atom is -0.494 e. The van der Waals surface area contributed by atoms with Gasteiger partial charge in [-0.15, -0.1) is 0 Å². The second-order valence-corrected chi connectivity index (χ2v) is 6.99. The molecule has 0 saturated carbocycles. The molecule has 0 aliphatic carbocycles. The van der Waals surface area contributed by atoms with Crippen LogP contribution in [0.2, 0.25) is 0 Å². The molecule has 0 spiro atoms. The summed E-state index contributed by atoms with van der Waals surface area (Å²) in [7, 11) is 6.01. The van der Waals surface area contributed by atoms with Crippen molar-refractivity contribution in [1.82, 2.24) is 14.6 Å². The average molecular weight is 434 g/mol. The number of aromatic amines is 1. The van der Waals surface area contributed by atoms with Crippen molar-refractivity contribution in [3.05, 3.63) is 38.4 Å². The number of hydrogen-bond donors (Lipinski definition) is 2. The van der Waals surface area contributed by atoms with Crippen LogP contribution < -0.4 is 19.8 Å². The topological polar surface area (TPSA) is 118 Å². The van der Waals surface area contributed by atoms with E-state index in [9.17, 15) is 14.7 Å². The van der Waals surface area contributed by atoms with Gasteiger partial charge in [-0.3, -0.25) is 19.1 Å². The van der Waals surface area contributed by atoms with Gasteiger partial charge in [0.2, 0.25) is 17.5 Å². The summed E-state index contributed by atoms with van der Waals surface area (Å²) in [5.74, 6) is 0.609. The van der Waals surface area contributed by atoms with Crippen molar-refractivity contribution in [2.45, 2.75) is 19.4 Å². The van der Waals surface area contributed by atoms with Gasteiger partial charge in [0.25, 0.3) is 5.56 Å². The smallest absolute Gasteiger partial charge is 0.264 e. The normalized spacial score (nSPS) is 15.7. The van der Waals surface area contributed by atoms with Crippen LogP contribution in [0, 0.1) is 4.77 Å². The predicted molar refractivity (Wildman–Crippen MR) is 111 cm³/mol. The molecule has 1 atom stereocenters. The third kappa shape index (κ3) is 3.52. The third-order valence-corrected chi connectivity index (χ3v) is 5.26. The van der Waals surface area contributed by atoms with Crippen molar-refractivity contribution < 1.29 is 24.1 Å². The van der Waals surface area contributed by atoms with E-state index in [-0.39, 0.29) is 34.3 Å². The molecule has 1 aromatic heterocycles. The molecule has 1 aromatic carbocycles. The lowest BCUT2D eigenvalue weighted by molar-refractivity contribution is -0.130. The summed E-state index contributed by atoms with van der Waals surface area (Å²) in [5, 5.41) is 16.1. The maximum atomic E-state index is 12.5. The van der Waals surface area contributed by atoms with Gasteiger partial charge in [0, 0.05) is 20.4 Å². The summed E-state index contributed by atoms with van der Waals surface area (Å²) in [6.07, 6.45) is 0.186. The van der Waals surface area contributed by atoms with E-state index in [2.05, 4.69) is 10.1 Å². The minimum atomic E-state index is -0.580. The highest BCUT2D eigenvalue weighted by Crippen LogP contribution is 2.43. The summed E-state index contributed by atoms with van der Waals surface area (Å²) in [4.78, 5) is 27.3. The number of aromatic nitrogens is 2. The van der Waals surface area contributed by atoms with Crippen molar-refractivity contribution in [1.29, 1.82) is 0 Å². The number of carbonyl (C=O) groups excluding carboxylic acids is 1. The zero-order chi connectivity index (χ0) is 22.2. The van der Waals surface area contributed by atoms with Crippen LogP contribution in [-0.4, -0.2) is 52.6 Å². The molecule has 1 aliphatic rings. The Morgan fingerprint density at radius 1 is 1.23 bits per heavy atom. The highest BCUT2D eigenvalue weighted by atomic mass is 32.1. The van der Waals surface area contributed by atoms with Gasteiger partial charge < -0.3 is 19.3 Å². The van der Waals surface area contributed by atoms with Crippen LogP contribution >= 0.6 is 12.2 Å². The second-order valence-electron chi connectivity index (χ2n) is 6.61. The number of ether oxygens (including phenoxy) is 3. The first-order chi connectivity index (χ1) is 14.2. The summed E-state index contributed by atoms with van der Waals surface area (Å²) in [6, 6.07) is 2.90. The van der Waals surface area contributed by atoms with Crippen LogP contribution in [0.4, 0.5) is 0 Å². The number of aromatic hydroxyl groups is 1. The molecular formula is C19H22N4O6S. The Balaban J connectivity index is 2.13. The molecular weight excluding hydrogens is 412 g/mol. The summed E-state index contributed by atoms with van der Waals surface area (Å²) < 4.78 is 17.5. The Hall–Kier alpha value is -3.34. The van der Waals surface area contributed by atoms with E-state index in [1.165, 1.54) is 44.9 Å². The Labute approximate surface area is 177 Å². The molecule has 3 rings (SSSR count). The van der Waals surface area contributed by atoms with E-state index >= 15 is 0 Å². The van der Waals surface area contributed by atoms with Crippen LogP contribution in [0.3, 0.4) is 0 Å². The summed E-state index contributed by atoms with van der Waals surface area (Å²) in [6.45, 7) is 1.37. The predicted octanol–water partition coefficient (Wildman–Crippen LogP) is 1.87. The first-order valence-corrected chi connectivity index (χ1v) is 9.34. The fourth-order valence-corrected chi connectivity index (χ4v) is 3.55. The lowest BCUT2D eigenvalue weighted by Crippen LogP contribution is -2.24. The number of hydrogen-bond acceptors (Lipinski definition) is 8. The van der Waals surface area contributed by atoms with Crippen LogP contribution in [0.25, 0.3) is 0 Å². The number of methoxy groups -OCH3 is 3. The molecule has 1 aliphatic heterocycles. The average Bonchev–Trinajstić information content (AvgIpc) is 3.16. The molecule has 1 amide bonds. The van der Waals surface area contributed by atoms with Gasteiger partial charge in [0.1, 0.15) is 5.56 Å². The molecule has 10 nitrogen and oxygen atoms in total. The fraction of sp³-hybridized carbons (Fsp3) is 0.368. The Morgan fingerprint density at radius 2 is 1.83 bits per heavy atom. The van der Waals surface area contributed by atoms with Crippen LogP contribution in [-0.2, 0) is 11.8 Å². The number of benzene rings is 1. The molecule has 2 aromatic rings. The quantitative estimate of drug-likeness (QED) is 0.690. The highest BCUT2D eigenvalue weighted by molar-refractivity contribution is 7.71. The van der Waals surface area contributed by atoms with Gasteiger partial charge in [-0.2, -0.15) is 5.10 Å². The van der Waals surface area contributed by atoms with Gasteiger partial charge in [0.05, 0.1) is 33.1 Å². The number of nitrogens with one attached hydrogen (secondary N) is 1. The van der Waals surface area contributed by atoms with Crippen LogP contribution in [0.15, 0.2) is 22.0 Å². The molecule has 30 heavy (non-hydrogen) atoms. The van der Waals surface area contributed by atoms with Crippen molar-refractivity contribution in [3.8, 4) is 23.1 Å². The lowest BCUT2D eigenvalue weighted by atomic mass is 9.98. The fourth-order valence-electron chi connectivity index (χ4n) is 3.37. The van der Waals surface area contributed by atoms with Crippen LogP contribution in [0.1, 0.15) is 30.5 Å². The maximum Gasteiger partial charge on any atom is 0.264 e. The highest BCUT2D eigenvalue weighted by Gasteiger charge is 2.35. The zero-order valence-electron chi connectivity index (χ0n) is 17.2. The van der Waals surface area contributed by atoms with E-state index < -0.39 is 11.6 Å². The number of nitrogens with zero attached hydrogens (tertiary/aromatic N) is 3. The number of carbonyl (C=O) groups is 1. The Bertz CT molecular complexity index is 1130. The largest absolute Gasteiger partial charge is 0.494 e. The standard InChI is InChI=1S/C19H22N4O6S/c1-9(24)23-12(10-6-13(27-3)16(29-5)14(7-10)28-4)8-11(21-23)15-17(25)20-19(30)22(2)18(15)26/h6-7,12,26H,8H2,1-5H3,(H,20,25,30)/t12-/m1/s1. The molecule has 0 radical (unpaired) electrons. The lowest BCUT2D eigenvalue weighted by Gasteiger charge is -2.22. The number of rotatable bonds is 5. The van der Waals surface area contributed by atoms with Crippen molar-refractivity contribution in [2.75, 3.05) is 21.3 Å². The minimum absolute atomic E-state index is 0.0349. The van der Waals surface area contributed by atoms with E-state index in [0.717, 1.165) is 0 Å². The van der Waals surface area contributed by atoms with Gasteiger partial charge in [-0.05, 0) is 29.9 Å². The maximum absolute atomic E-state index is 12.5. The van der Waals surface area contributed by atoms with E-state index in [0.29, 0.717) is 22.8 Å². The Kier molecular flexibility index (Phi) is 5.83. The van der Waals surface area contributed by atoms with E-state index in [4.69, 9.17) is 26.4 Å². The van der Waals surface area contributed by atoms with Crippen molar-refractivity contribution in [2.24, 2.45) is 12.1 Å². The monoisotopic (exact) mass is 434 g/mol. The molecule has 0 unspecified atom stereocenters. The molecule has 11 heteroatoms. The van der Waals surface area contributed by atoms with Crippen molar-refractivity contribution >= 4 is 23.8 Å². The number of H-pyrrole nitrogens is 1. The third-order valence-electron chi connectivity index (χ3n) is 4.89. The van der Waals surface area contributed by atoms with Crippen molar-refractivity contribution in [3.63, 3.8) is 0 Å². The summed E-state index contributed by atoms with van der Waals surface area (Å²) >= 11 is 5.01. The van der Waals surface area contributed by atoms with Gasteiger partial charge in [0.15, 0.2) is 16.3 Å². The molecule has 0 saturated heterocycles. The van der Waals surface area contributed by atoms with Gasteiger partial charge in [-0.1, -0.05) is 0 Å². The number of amides is 1. The SMILES string of the molecule is COc1cc([C@H]2CC(c3c(O)n(C)c(=S)[nH]c3=O)=NN2C(C)=O)cc(OC)c1OC. The molecule has 2 N–H and O–H groups in total. The molecule has 0 fully saturated rings. The van der Waals surface area contributed by atoms with E-state index in [1.807, 2.05) is 0 Å². The van der Waals surface area contributed by atoms with Crippen LogP contribution in [0.5, 0.6) is 23.1 Å². The summed E-state index contributed by atoms with van der Waals surface area (Å²) in [5.41, 5.74) is 0.308. The van der Waals surface area contributed by atoms with E-state index in [1.54, 1.807) is 12.1 Å². The first-order valence-electron chi connectivity index (χ1n) is 8.93. The molecule has 0 bridgehead atoms. The number of hydrazone groups is 1.